The zero-order chi connectivity index (χ0) is 17.9. The molecule has 2 rings (SSSR count). The molecule has 0 aromatic heterocycles. The van der Waals surface area contributed by atoms with Gasteiger partial charge in [0, 0.05) is 25.7 Å². The topological polar surface area (TPSA) is 81.6 Å². The van der Waals surface area contributed by atoms with Gasteiger partial charge in [0.25, 0.3) is 5.91 Å². The molecule has 0 saturated carbocycles. The molecule has 134 valence electrons. The van der Waals surface area contributed by atoms with Crippen molar-refractivity contribution in [3.8, 4) is 0 Å². The van der Waals surface area contributed by atoms with E-state index in [1.165, 1.54) is 5.56 Å². The van der Waals surface area contributed by atoms with Gasteiger partial charge in [0.05, 0.1) is 11.3 Å². The van der Waals surface area contributed by atoms with Crippen LogP contribution in [0.2, 0.25) is 19.6 Å². The maximum Gasteiger partial charge on any atom is 0.250 e. The van der Waals surface area contributed by atoms with Gasteiger partial charge in [0.1, 0.15) is 0 Å². The fourth-order valence-electron chi connectivity index (χ4n) is 3.23. The molecule has 1 amide bonds. The van der Waals surface area contributed by atoms with Gasteiger partial charge in [-0.1, -0.05) is 6.07 Å². The van der Waals surface area contributed by atoms with Crippen molar-refractivity contribution in [2.45, 2.75) is 51.9 Å². The Labute approximate surface area is 146 Å². The Balaban J connectivity index is 2.12. The lowest BCUT2D eigenvalue weighted by molar-refractivity contribution is 0.100. The highest BCUT2D eigenvalue weighted by Gasteiger charge is 2.25. The molecular weight excluding hydrogens is 318 g/mol. The van der Waals surface area contributed by atoms with Crippen molar-refractivity contribution in [3.05, 3.63) is 28.8 Å². The second kappa shape index (κ2) is 7.67. The first kappa shape index (κ1) is 19.0. The van der Waals surface area contributed by atoms with Crippen LogP contribution in [0.3, 0.4) is 0 Å². The Kier molecular flexibility index (Phi) is 6.06. The number of benzene rings is 1. The number of hydrogen-bond acceptors (Lipinski definition) is 4. The van der Waals surface area contributed by atoms with Crippen molar-refractivity contribution in [2.75, 3.05) is 24.6 Å². The quantitative estimate of drug-likeness (QED) is 0.557. The van der Waals surface area contributed by atoms with Crippen molar-refractivity contribution < 1.29 is 9.22 Å². The number of hydrogen-bond donors (Lipinski definition) is 2. The van der Waals surface area contributed by atoms with Gasteiger partial charge in [0.2, 0.25) is 0 Å². The first-order valence-electron chi connectivity index (χ1n) is 8.77. The molecule has 0 radical (unpaired) electrons. The van der Waals surface area contributed by atoms with E-state index in [2.05, 4.69) is 30.6 Å². The van der Waals surface area contributed by atoms with Crippen LogP contribution in [0.5, 0.6) is 0 Å². The van der Waals surface area contributed by atoms with Crippen LogP contribution in [0.25, 0.3) is 0 Å². The maximum absolute atomic E-state index is 12.0. The summed E-state index contributed by atoms with van der Waals surface area (Å²) >= 11 is 0. The van der Waals surface area contributed by atoms with E-state index in [-0.39, 0.29) is 11.9 Å². The van der Waals surface area contributed by atoms with Crippen molar-refractivity contribution in [2.24, 2.45) is 11.5 Å². The number of anilines is 1. The zero-order valence-corrected chi connectivity index (χ0v) is 16.4. The molecule has 24 heavy (non-hydrogen) atoms. The fourth-order valence-corrected chi connectivity index (χ4v) is 3.98. The minimum atomic E-state index is -1.46. The molecule has 1 heterocycles. The number of fused-ring (bicyclic) bond motifs is 1. The summed E-state index contributed by atoms with van der Waals surface area (Å²) < 4.78 is 5.92. The molecule has 1 atom stereocenters. The smallest absolute Gasteiger partial charge is 0.250 e. The molecule has 5 nitrogen and oxygen atoms in total. The standard InChI is InChI=1S/C18H31N3O2Si/c1-13(19)10-14-11-15-6-8-21(7-5-9-23-24(2,3)4)17(15)16(12-14)18(20)22/h11-13H,5-10,19H2,1-4H3,(H2,20,22). The molecule has 0 aliphatic carbocycles. The van der Waals surface area contributed by atoms with E-state index in [0.29, 0.717) is 5.56 Å². The van der Waals surface area contributed by atoms with Gasteiger partial charge in [0.15, 0.2) is 8.32 Å². The molecule has 1 aromatic rings. The molecule has 1 aromatic carbocycles. The molecule has 0 spiro atoms. The highest BCUT2D eigenvalue weighted by molar-refractivity contribution is 6.69. The second-order valence-corrected chi connectivity index (χ2v) is 12.3. The minimum absolute atomic E-state index is 0.0694. The average molecular weight is 350 g/mol. The lowest BCUT2D eigenvalue weighted by Gasteiger charge is -2.23. The Morgan fingerprint density at radius 3 is 2.67 bits per heavy atom. The van der Waals surface area contributed by atoms with Crippen molar-refractivity contribution >= 4 is 19.9 Å². The first-order chi connectivity index (χ1) is 11.2. The predicted octanol–water partition coefficient (Wildman–Crippen LogP) is 2.28. The normalized spacial score (nSPS) is 15.5. The second-order valence-electron chi connectivity index (χ2n) is 7.75. The number of carbonyl (C=O) groups excluding carboxylic acids is 1. The highest BCUT2D eigenvalue weighted by atomic mass is 28.4. The Morgan fingerprint density at radius 2 is 2.08 bits per heavy atom. The van der Waals surface area contributed by atoms with Crippen LogP contribution in [-0.2, 0) is 17.3 Å². The summed E-state index contributed by atoms with van der Waals surface area (Å²) in [6, 6.07) is 4.17. The van der Waals surface area contributed by atoms with E-state index in [9.17, 15) is 4.79 Å². The summed E-state index contributed by atoms with van der Waals surface area (Å²) in [6.07, 6.45) is 2.68. The van der Waals surface area contributed by atoms with Gasteiger partial charge in [-0.25, -0.2) is 0 Å². The third-order valence-electron chi connectivity index (χ3n) is 4.15. The summed E-state index contributed by atoms with van der Waals surface area (Å²) in [7, 11) is -1.46. The predicted molar refractivity (Wildman–Crippen MR) is 102 cm³/mol. The van der Waals surface area contributed by atoms with E-state index in [1.54, 1.807) is 0 Å². The number of amides is 1. The van der Waals surface area contributed by atoms with E-state index in [4.69, 9.17) is 15.9 Å². The van der Waals surface area contributed by atoms with Crippen LogP contribution in [0.15, 0.2) is 12.1 Å². The number of nitrogens with zero attached hydrogens (tertiary/aromatic N) is 1. The van der Waals surface area contributed by atoms with Gasteiger partial charge in [-0.15, -0.1) is 0 Å². The van der Waals surface area contributed by atoms with Gasteiger partial charge < -0.3 is 20.8 Å². The van der Waals surface area contributed by atoms with Gasteiger partial charge in [-0.05, 0) is 63.0 Å². The zero-order valence-electron chi connectivity index (χ0n) is 15.4. The highest BCUT2D eigenvalue weighted by Crippen LogP contribution is 2.33. The largest absolute Gasteiger partial charge is 0.418 e. The maximum atomic E-state index is 12.0. The van der Waals surface area contributed by atoms with Crippen molar-refractivity contribution in [1.82, 2.24) is 0 Å². The van der Waals surface area contributed by atoms with Crippen molar-refractivity contribution in [1.29, 1.82) is 0 Å². The molecular formula is C18H31N3O2Si. The lowest BCUT2D eigenvalue weighted by atomic mass is 9.98. The fraction of sp³-hybridized carbons (Fsp3) is 0.611. The summed E-state index contributed by atoms with van der Waals surface area (Å²) in [6.45, 7) is 11.2. The van der Waals surface area contributed by atoms with E-state index >= 15 is 0 Å². The number of carbonyl (C=O) groups is 1. The monoisotopic (exact) mass is 349 g/mol. The summed E-state index contributed by atoms with van der Waals surface area (Å²) in [5, 5.41) is 0. The Hall–Kier alpha value is -1.37. The summed E-state index contributed by atoms with van der Waals surface area (Å²) in [5.74, 6) is -0.358. The van der Waals surface area contributed by atoms with Crippen LogP contribution in [0.4, 0.5) is 5.69 Å². The number of rotatable bonds is 8. The van der Waals surface area contributed by atoms with E-state index in [0.717, 1.165) is 50.2 Å². The van der Waals surface area contributed by atoms with E-state index in [1.807, 2.05) is 13.0 Å². The summed E-state index contributed by atoms with van der Waals surface area (Å²) in [5.41, 5.74) is 15.5. The molecule has 1 unspecified atom stereocenters. The Morgan fingerprint density at radius 1 is 1.38 bits per heavy atom. The van der Waals surface area contributed by atoms with Crippen LogP contribution in [0, 0.1) is 0 Å². The van der Waals surface area contributed by atoms with Gasteiger partial charge >= 0.3 is 0 Å². The minimum Gasteiger partial charge on any atom is -0.418 e. The number of nitrogens with two attached hydrogens (primary N) is 2. The molecule has 1 aliphatic heterocycles. The molecule has 6 heteroatoms. The molecule has 0 saturated heterocycles. The first-order valence-corrected chi connectivity index (χ1v) is 12.2. The van der Waals surface area contributed by atoms with Crippen LogP contribution in [-0.4, -0.2) is 40.0 Å². The van der Waals surface area contributed by atoms with Crippen LogP contribution in [0.1, 0.15) is 34.8 Å². The average Bonchev–Trinajstić information content (AvgIpc) is 2.84. The van der Waals surface area contributed by atoms with Gasteiger partial charge in [-0.3, -0.25) is 4.79 Å². The molecule has 0 bridgehead atoms. The lowest BCUT2D eigenvalue weighted by Crippen LogP contribution is -2.29. The van der Waals surface area contributed by atoms with Gasteiger partial charge in [-0.2, -0.15) is 0 Å². The van der Waals surface area contributed by atoms with Crippen LogP contribution >= 0.6 is 0 Å². The van der Waals surface area contributed by atoms with Crippen LogP contribution < -0.4 is 16.4 Å². The molecule has 0 fully saturated rings. The molecule has 4 N–H and O–H groups in total. The number of primary amides is 1. The Bertz CT molecular complexity index is 597. The van der Waals surface area contributed by atoms with Crippen molar-refractivity contribution in [3.63, 3.8) is 0 Å². The van der Waals surface area contributed by atoms with E-state index < -0.39 is 8.32 Å². The summed E-state index contributed by atoms with van der Waals surface area (Å²) in [4.78, 5) is 14.2. The molecule has 1 aliphatic rings. The third kappa shape index (κ3) is 5.06. The SMILES string of the molecule is CC(N)Cc1cc2c(c(C(N)=O)c1)N(CCCO[Si](C)(C)C)CC2. The third-order valence-corrected chi connectivity index (χ3v) is 5.22.